The molecule has 0 radical (unpaired) electrons. The van der Waals surface area contributed by atoms with Crippen molar-refractivity contribution in [3.05, 3.63) is 0 Å². The molecule has 1 unspecified atom stereocenters. The topological polar surface area (TPSA) is 47.9 Å². The Balaban J connectivity index is 2.91. The first-order valence-electron chi connectivity index (χ1n) is 6.16. The third kappa shape index (κ3) is 2.61. The smallest absolute Gasteiger partial charge is 0.354 e. The van der Waals surface area contributed by atoms with Crippen molar-refractivity contribution < 1.29 is 14.4 Å². The van der Waals surface area contributed by atoms with Gasteiger partial charge in [-0.15, -0.1) is 0 Å². The van der Waals surface area contributed by atoms with E-state index in [1.807, 2.05) is 13.8 Å². The Morgan fingerprint density at radius 1 is 1.53 bits per heavy atom. The van der Waals surface area contributed by atoms with Crippen LogP contribution in [-0.2, 0) is 14.4 Å². The zero-order valence-corrected chi connectivity index (χ0v) is 11.7. The van der Waals surface area contributed by atoms with Crippen molar-refractivity contribution in [2.75, 3.05) is 6.61 Å². The van der Waals surface area contributed by atoms with Crippen LogP contribution in [0.4, 0.5) is 0 Å². The minimum absolute atomic E-state index is 0.0325. The number of rotatable bonds is 3. The molecule has 4 heteroatoms. The summed E-state index contributed by atoms with van der Waals surface area (Å²) in [5.41, 5.74) is -0.0962. The molecule has 0 saturated heterocycles. The second-order valence-electron chi connectivity index (χ2n) is 5.82. The maximum atomic E-state index is 12.1. The van der Waals surface area contributed by atoms with E-state index in [-0.39, 0.29) is 17.3 Å². The summed E-state index contributed by atoms with van der Waals surface area (Å²) in [5, 5.41) is 4.10. The van der Waals surface area contributed by atoms with E-state index in [4.69, 9.17) is 9.57 Å². The van der Waals surface area contributed by atoms with Crippen molar-refractivity contribution in [3.63, 3.8) is 0 Å². The van der Waals surface area contributed by atoms with E-state index in [1.165, 1.54) is 0 Å². The minimum atomic E-state index is -0.932. The molecule has 1 aliphatic heterocycles. The fourth-order valence-electron chi connectivity index (χ4n) is 1.76. The van der Waals surface area contributed by atoms with Gasteiger partial charge in [-0.25, -0.2) is 4.79 Å². The van der Waals surface area contributed by atoms with Gasteiger partial charge in [-0.3, -0.25) is 0 Å². The minimum Gasteiger partial charge on any atom is -0.463 e. The number of hydrogen-bond acceptors (Lipinski definition) is 4. The van der Waals surface area contributed by atoms with Gasteiger partial charge in [-0.1, -0.05) is 39.8 Å². The number of carbonyl (C=O) groups excluding carboxylic acids is 1. The van der Waals surface area contributed by atoms with Crippen molar-refractivity contribution >= 4 is 11.7 Å². The molecule has 1 atom stereocenters. The fraction of sp³-hybridized carbons (Fsp3) is 0.846. The lowest BCUT2D eigenvalue weighted by Gasteiger charge is -2.28. The Hall–Kier alpha value is -1.06. The highest BCUT2D eigenvalue weighted by Gasteiger charge is 2.52. The Kier molecular flexibility index (Phi) is 3.84. The second-order valence-corrected chi connectivity index (χ2v) is 5.82. The van der Waals surface area contributed by atoms with Gasteiger partial charge in [-0.05, 0) is 6.92 Å². The van der Waals surface area contributed by atoms with Crippen LogP contribution in [0.2, 0.25) is 0 Å². The monoisotopic (exact) mass is 241 g/mol. The largest absolute Gasteiger partial charge is 0.463 e. The Morgan fingerprint density at radius 3 is 2.47 bits per heavy atom. The SMILES string of the molecule is CCOC(=O)C1(C(C)C)CC(C(C)(C)C)=NO1. The molecule has 17 heavy (non-hydrogen) atoms. The first-order valence-corrected chi connectivity index (χ1v) is 6.16. The van der Waals surface area contributed by atoms with Crippen molar-refractivity contribution in [2.24, 2.45) is 16.5 Å². The Morgan fingerprint density at radius 2 is 2.12 bits per heavy atom. The molecule has 1 heterocycles. The van der Waals surface area contributed by atoms with Gasteiger partial charge in [0.15, 0.2) is 0 Å². The molecule has 0 aromatic carbocycles. The molecular weight excluding hydrogens is 218 g/mol. The molecule has 0 bridgehead atoms. The van der Waals surface area contributed by atoms with E-state index in [1.54, 1.807) is 6.92 Å². The molecular formula is C13H23NO3. The average molecular weight is 241 g/mol. The summed E-state index contributed by atoms with van der Waals surface area (Å²) in [7, 11) is 0. The van der Waals surface area contributed by atoms with Gasteiger partial charge in [0.2, 0.25) is 5.60 Å². The standard InChI is InChI=1S/C13H23NO3/c1-7-16-11(15)13(9(2)3)8-10(14-17-13)12(4,5)6/h9H,7-8H2,1-6H3. The maximum absolute atomic E-state index is 12.1. The Bertz CT molecular complexity index is 328. The van der Waals surface area contributed by atoms with E-state index in [2.05, 4.69) is 25.9 Å². The molecule has 0 fully saturated rings. The summed E-state index contributed by atoms with van der Waals surface area (Å²) < 4.78 is 5.11. The van der Waals surface area contributed by atoms with Crippen LogP contribution in [0.25, 0.3) is 0 Å². The zero-order valence-electron chi connectivity index (χ0n) is 11.7. The molecule has 0 aliphatic carbocycles. The molecule has 0 aromatic rings. The van der Waals surface area contributed by atoms with E-state index < -0.39 is 5.60 Å². The molecule has 4 nitrogen and oxygen atoms in total. The highest BCUT2D eigenvalue weighted by atomic mass is 16.7. The summed E-state index contributed by atoms with van der Waals surface area (Å²) in [6.45, 7) is 12.3. The fourth-order valence-corrected chi connectivity index (χ4v) is 1.76. The highest BCUT2D eigenvalue weighted by Crippen LogP contribution is 2.37. The summed E-state index contributed by atoms with van der Waals surface area (Å²) in [4.78, 5) is 17.5. The second kappa shape index (κ2) is 4.67. The van der Waals surface area contributed by atoms with Crippen molar-refractivity contribution in [1.29, 1.82) is 0 Å². The zero-order chi connectivity index (χ0) is 13.3. The number of esters is 1. The first kappa shape index (κ1) is 14.0. The van der Waals surface area contributed by atoms with Gasteiger partial charge in [-0.2, -0.15) is 0 Å². The molecule has 1 rings (SSSR count). The van der Waals surface area contributed by atoms with Crippen LogP contribution in [0.1, 0.15) is 48.0 Å². The number of oxime groups is 1. The third-order valence-electron chi connectivity index (χ3n) is 3.17. The quantitative estimate of drug-likeness (QED) is 0.714. The summed E-state index contributed by atoms with van der Waals surface area (Å²) in [6, 6.07) is 0. The van der Waals surface area contributed by atoms with Crippen LogP contribution in [0.15, 0.2) is 5.16 Å². The predicted octanol–water partition coefficient (Wildman–Crippen LogP) is 2.77. The van der Waals surface area contributed by atoms with Gasteiger partial charge in [0.05, 0.1) is 12.3 Å². The summed E-state index contributed by atoms with van der Waals surface area (Å²) >= 11 is 0. The molecule has 1 aliphatic rings. The lowest BCUT2D eigenvalue weighted by atomic mass is 9.79. The summed E-state index contributed by atoms with van der Waals surface area (Å²) in [6.07, 6.45) is 0.521. The molecule has 0 amide bonds. The van der Waals surface area contributed by atoms with Crippen LogP contribution in [-0.4, -0.2) is 23.9 Å². The van der Waals surface area contributed by atoms with E-state index in [0.717, 1.165) is 5.71 Å². The average Bonchev–Trinajstić information content (AvgIpc) is 2.62. The van der Waals surface area contributed by atoms with E-state index in [0.29, 0.717) is 13.0 Å². The van der Waals surface area contributed by atoms with Gasteiger partial charge in [0, 0.05) is 17.8 Å². The number of carbonyl (C=O) groups is 1. The molecule has 98 valence electrons. The van der Waals surface area contributed by atoms with Crippen LogP contribution >= 0.6 is 0 Å². The number of nitrogens with zero attached hydrogens (tertiary/aromatic N) is 1. The molecule has 0 N–H and O–H groups in total. The van der Waals surface area contributed by atoms with Crippen molar-refractivity contribution in [1.82, 2.24) is 0 Å². The van der Waals surface area contributed by atoms with Crippen molar-refractivity contribution in [2.45, 2.75) is 53.6 Å². The van der Waals surface area contributed by atoms with Gasteiger partial charge in [0.1, 0.15) is 0 Å². The first-order chi connectivity index (χ1) is 7.74. The molecule has 0 spiro atoms. The predicted molar refractivity (Wildman–Crippen MR) is 66.8 cm³/mol. The lowest BCUT2D eigenvalue weighted by molar-refractivity contribution is -0.174. The molecule has 0 saturated carbocycles. The van der Waals surface area contributed by atoms with Gasteiger partial charge in [0.25, 0.3) is 0 Å². The summed E-state index contributed by atoms with van der Waals surface area (Å²) in [5.74, 6) is -0.275. The number of ether oxygens (including phenoxy) is 1. The van der Waals surface area contributed by atoms with Crippen LogP contribution in [0.3, 0.4) is 0 Å². The molecule has 0 aromatic heterocycles. The maximum Gasteiger partial charge on any atom is 0.354 e. The van der Waals surface area contributed by atoms with Crippen molar-refractivity contribution in [3.8, 4) is 0 Å². The highest BCUT2D eigenvalue weighted by molar-refractivity contribution is 5.96. The van der Waals surface area contributed by atoms with E-state index in [9.17, 15) is 4.79 Å². The Labute approximate surface area is 103 Å². The van der Waals surface area contributed by atoms with Crippen LogP contribution in [0.5, 0.6) is 0 Å². The normalized spacial score (nSPS) is 24.5. The van der Waals surface area contributed by atoms with Crippen LogP contribution < -0.4 is 0 Å². The third-order valence-corrected chi connectivity index (χ3v) is 3.17. The lowest BCUT2D eigenvalue weighted by Crippen LogP contribution is -2.46. The van der Waals surface area contributed by atoms with Gasteiger partial charge >= 0.3 is 5.97 Å². The number of hydrogen-bond donors (Lipinski definition) is 0. The van der Waals surface area contributed by atoms with Crippen LogP contribution in [0, 0.1) is 11.3 Å². The van der Waals surface area contributed by atoms with Gasteiger partial charge < -0.3 is 9.57 Å². The van der Waals surface area contributed by atoms with E-state index >= 15 is 0 Å².